The quantitative estimate of drug-likeness (QED) is 0.922. The van der Waals surface area contributed by atoms with E-state index in [1.165, 1.54) is 0 Å². The number of halogens is 2. The summed E-state index contributed by atoms with van der Waals surface area (Å²) in [6.45, 7) is 1.77. The largest absolute Gasteiger partial charge is 0.494 e. The average molecular weight is 337 g/mol. The van der Waals surface area contributed by atoms with E-state index >= 15 is 0 Å². The molecule has 5 heteroatoms. The Bertz CT molecular complexity index is 370. The van der Waals surface area contributed by atoms with Crippen molar-refractivity contribution < 1.29 is 9.53 Å². The van der Waals surface area contributed by atoms with Crippen LogP contribution in [-0.2, 0) is 4.79 Å². The maximum atomic E-state index is 11.0. The standard InChI is InChI=1S/C10H11Br2NO2/c1-5(10(13)14)6-3-7(11)9(15-2)8(12)4-6/h3-5H,1-2H3,(H2,13,14). The summed E-state index contributed by atoms with van der Waals surface area (Å²) in [4.78, 5) is 11.0. The fourth-order valence-corrected chi connectivity index (χ4v) is 2.73. The summed E-state index contributed by atoms with van der Waals surface area (Å²) in [6, 6.07) is 3.66. The SMILES string of the molecule is COc1c(Br)cc(C(C)C(N)=O)cc1Br. The fourth-order valence-electron chi connectivity index (χ4n) is 1.19. The van der Waals surface area contributed by atoms with Gasteiger partial charge in [0.2, 0.25) is 5.91 Å². The first kappa shape index (κ1) is 12.5. The molecule has 0 saturated heterocycles. The summed E-state index contributed by atoms with van der Waals surface area (Å²) >= 11 is 6.74. The Hall–Kier alpha value is -0.550. The van der Waals surface area contributed by atoms with Gasteiger partial charge in [-0.05, 0) is 56.5 Å². The van der Waals surface area contributed by atoms with Crippen LogP contribution in [0, 0.1) is 0 Å². The van der Waals surface area contributed by atoms with Crippen LogP contribution < -0.4 is 10.5 Å². The molecular weight excluding hydrogens is 326 g/mol. The third-order valence-electron chi connectivity index (χ3n) is 2.15. The molecule has 1 aromatic rings. The van der Waals surface area contributed by atoms with Gasteiger partial charge in [0.15, 0.2) is 0 Å². The van der Waals surface area contributed by atoms with Crippen LogP contribution in [0.15, 0.2) is 21.1 Å². The number of rotatable bonds is 3. The second-order valence-electron chi connectivity index (χ2n) is 3.14. The molecule has 0 radical (unpaired) electrons. The van der Waals surface area contributed by atoms with Crippen LogP contribution in [0.3, 0.4) is 0 Å². The van der Waals surface area contributed by atoms with E-state index < -0.39 is 0 Å². The van der Waals surface area contributed by atoms with Gasteiger partial charge in [-0.1, -0.05) is 0 Å². The van der Waals surface area contributed by atoms with Gasteiger partial charge in [-0.15, -0.1) is 0 Å². The summed E-state index contributed by atoms with van der Waals surface area (Å²) < 4.78 is 6.75. The van der Waals surface area contributed by atoms with Crippen LogP contribution in [-0.4, -0.2) is 13.0 Å². The Balaban J connectivity index is 3.19. The predicted octanol–water partition coefficient (Wildman–Crippen LogP) is 2.81. The number of amides is 1. The van der Waals surface area contributed by atoms with E-state index in [0.717, 1.165) is 14.5 Å². The van der Waals surface area contributed by atoms with Crippen molar-refractivity contribution >= 4 is 37.8 Å². The van der Waals surface area contributed by atoms with Crippen molar-refractivity contribution in [2.24, 2.45) is 5.73 Å². The number of hydrogen-bond acceptors (Lipinski definition) is 2. The van der Waals surface area contributed by atoms with E-state index in [2.05, 4.69) is 31.9 Å². The molecule has 0 aromatic heterocycles. The zero-order chi connectivity index (χ0) is 11.6. The Morgan fingerprint density at radius 1 is 1.40 bits per heavy atom. The first-order valence-electron chi connectivity index (χ1n) is 4.29. The molecule has 0 aliphatic heterocycles. The lowest BCUT2D eigenvalue weighted by Crippen LogP contribution is -2.18. The minimum atomic E-state index is -0.348. The normalized spacial score (nSPS) is 12.3. The van der Waals surface area contributed by atoms with Gasteiger partial charge >= 0.3 is 0 Å². The molecule has 82 valence electrons. The minimum absolute atomic E-state index is 0.316. The number of methoxy groups -OCH3 is 1. The van der Waals surface area contributed by atoms with Gasteiger partial charge in [0.1, 0.15) is 5.75 Å². The van der Waals surface area contributed by atoms with Crippen molar-refractivity contribution in [3.05, 3.63) is 26.6 Å². The van der Waals surface area contributed by atoms with Gasteiger partial charge in [-0.3, -0.25) is 4.79 Å². The number of carbonyl (C=O) groups is 1. The summed E-state index contributed by atoms with van der Waals surface area (Å²) in [5.74, 6) is 0.0397. The average Bonchev–Trinajstić information content (AvgIpc) is 2.15. The van der Waals surface area contributed by atoms with E-state index in [4.69, 9.17) is 10.5 Å². The van der Waals surface area contributed by atoms with E-state index in [0.29, 0.717) is 5.75 Å². The minimum Gasteiger partial charge on any atom is -0.494 e. The Kier molecular flexibility index (Phi) is 4.16. The highest BCUT2D eigenvalue weighted by Crippen LogP contribution is 2.36. The van der Waals surface area contributed by atoms with Crippen LogP contribution in [0.4, 0.5) is 0 Å². The smallest absolute Gasteiger partial charge is 0.224 e. The fraction of sp³-hybridized carbons (Fsp3) is 0.300. The first-order chi connectivity index (χ1) is 6.97. The van der Waals surface area contributed by atoms with Crippen LogP contribution in [0.2, 0.25) is 0 Å². The molecule has 0 aliphatic rings. The molecule has 1 rings (SSSR count). The van der Waals surface area contributed by atoms with Crippen molar-refractivity contribution in [1.82, 2.24) is 0 Å². The first-order valence-corrected chi connectivity index (χ1v) is 5.88. The zero-order valence-corrected chi connectivity index (χ0v) is 11.6. The Labute approximate surface area is 105 Å². The highest BCUT2D eigenvalue weighted by Gasteiger charge is 2.15. The van der Waals surface area contributed by atoms with Crippen molar-refractivity contribution in [2.75, 3.05) is 7.11 Å². The molecule has 3 nitrogen and oxygen atoms in total. The van der Waals surface area contributed by atoms with Crippen LogP contribution in [0.5, 0.6) is 5.75 Å². The summed E-state index contributed by atoms with van der Waals surface area (Å²) in [7, 11) is 1.59. The molecule has 0 aliphatic carbocycles. The molecule has 0 heterocycles. The molecule has 1 aromatic carbocycles. The van der Waals surface area contributed by atoms with Gasteiger partial charge in [0.05, 0.1) is 22.0 Å². The van der Waals surface area contributed by atoms with E-state index in [-0.39, 0.29) is 11.8 Å². The number of nitrogens with two attached hydrogens (primary N) is 1. The molecule has 0 spiro atoms. The number of ether oxygens (including phenoxy) is 1. The van der Waals surface area contributed by atoms with E-state index in [1.54, 1.807) is 14.0 Å². The van der Waals surface area contributed by atoms with Crippen molar-refractivity contribution in [3.63, 3.8) is 0 Å². The lowest BCUT2D eigenvalue weighted by Gasteiger charge is -2.12. The molecule has 2 N–H and O–H groups in total. The summed E-state index contributed by atoms with van der Waals surface area (Å²) in [5, 5.41) is 0. The van der Waals surface area contributed by atoms with Crippen molar-refractivity contribution in [2.45, 2.75) is 12.8 Å². The lowest BCUT2D eigenvalue weighted by atomic mass is 10.0. The Morgan fingerprint density at radius 3 is 2.20 bits per heavy atom. The predicted molar refractivity (Wildman–Crippen MR) is 66.0 cm³/mol. The van der Waals surface area contributed by atoms with Crippen LogP contribution in [0.25, 0.3) is 0 Å². The van der Waals surface area contributed by atoms with Gasteiger partial charge in [0, 0.05) is 0 Å². The molecule has 0 bridgehead atoms. The second kappa shape index (κ2) is 4.99. The Morgan fingerprint density at radius 2 is 1.87 bits per heavy atom. The highest BCUT2D eigenvalue weighted by atomic mass is 79.9. The molecule has 0 saturated carbocycles. The molecular formula is C10H11Br2NO2. The summed E-state index contributed by atoms with van der Waals surface area (Å²) in [6.07, 6.45) is 0. The number of primary amides is 1. The molecule has 1 amide bonds. The van der Waals surface area contributed by atoms with Crippen molar-refractivity contribution in [3.8, 4) is 5.75 Å². The second-order valence-corrected chi connectivity index (χ2v) is 4.85. The molecule has 0 fully saturated rings. The van der Waals surface area contributed by atoms with Crippen LogP contribution in [0.1, 0.15) is 18.4 Å². The van der Waals surface area contributed by atoms with Crippen molar-refractivity contribution in [1.29, 1.82) is 0 Å². The number of hydrogen-bond donors (Lipinski definition) is 1. The van der Waals surface area contributed by atoms with Gasteiger partial charge in [0.25, 0.3) is 0 Å². The maximum absolute atomic E-state index is 11.0. The monoisotopic (exact) mass is 335 g/mol. The van der Waals surface area contributed by atoms with E-state index in [1.807, 2.05) is 12.1 Å². The summed E-state index contributed by atoms with van der Waals surface area (Å²) in [5.41, 5.74) is 6.09. The topological polar surface area (TPSA) is 52.3 Å². The zero-order valence-electron chi connectivity index (χ0n) is 8.38. The van der Waals surface area contributed by atoms with Gasteiger partial charge in [-0.2, -0.15) is 0 Å². The number of benzene rings is 1. The van der Waals surface area contributed by atoms with E-state index in [9.17, 15) is 4.79 Å². The molecule has 1 unspecified atom stereocenters. The van der Waals surface area contributed by atoms with Gasteiger partial charge in [-0.25, -0.2) is 0 Å². The third kappa shape index (κ3) is 2.72. The molecule has 15 heavy (non-hydrogen) atoms. The third-order valence-corrected chi connectivity index (χ3v) is 3.33. The number of carbonyl (C=O) groups excluding carboxylic acids is 1. The maximum Gasteiger partial charge on any atom is 0.224 e. The van der Waals surface area contributed by atoms with Crippen LogP contribution >= 0.6 is 31.9 Å². The highest BCUT2D eigenvalue weighted by molar-refractivity contribution is 9.11. The lowest BCUT2D eigenvalue weighted by molar-refractivity contribution is -0.119. The van der Waals surface area contributed by atoms with Gasteiger partial charge < -0.3 is 10.5 Å². The molecule has 1 atom stereocenters.